The molecule has 0 saturated carbocycles. The first-order chi connectivity index (χ1) is 15.6. The number of hydrogen-bond acceptors (Lipinski definition) is 6. The van der Waals surface area contributed by atoms with Gasteiger partial charge >= 0.3 is 0 Å². The van der Waals surface area contributed by atoms with E-state index in [0.29, 0.717) is 23.5 Å². The summed E-state index contributed by atoms with van der Waals surface area (Å²) >= 11 is 1.41. The van der Waals surface area contributed by atoms with E-state index in [4.69, 9.17) is 9.47 Å². The number of piperidine rings is 1. The van der Waals surface area contributed by atoms with E-state index in [-0.39, 0.29) is 29.0 Å². The summed E-state index contributed by atoms with van der Waals surface area (Å²) < 4.78 is 10.9. The Labute approximate surface area is 192 Å². The molecule has 168 valence electrons. The smallest absolute Gasteiger partial charge is 0.237 e. The van der Waals surface area contributed by atoms with Crippen LogP contribution >= 0.6 is 11.8 Å². The topological polar surface area (TPSA) is 67.9 Å². The number of carbonyl (C=O) groups is 2. The molecule has 0 radical (unpaired) electrons. The Morgan fingerprint density at radius 3 is 2.56 bits per heavy atom. The molecule has 0 bridgehead atoms. The minimum Gasteiger partial charge on any atom is -0.454 e. The largest absolute Gasteiger partial charge is 0.454 e. The molecule has 3 aliphatic rings. The average Bonchev–Trinajstić information content (AvgIpc) is 3.22. The Hall–Kier alpha value is -2.51. The average molecular weight is 453 g/mol. The summed E-state index contributed by atoms with van der Waals surface area (Å²) in [4.78, 5) is 28.5. The Morgan fingerprint density at radius 2 is 1.81 bits per heavy atom. The van der Waals surface area contributed by atoms with E-state index in [2.05, 4.69) is 22.3 Å². The maximum Gasteiger partial charge on any atom is 0.237 e. The molecule has 32 heavy (non-hydrogen) atoms. The molecule has 1 fully saturated rings. The van der Waals surface area contributed by atoms with Crippen molar-refractivity contribution in [1.82, 2.24) is 4.90 Å². The minimum atomic E-state index is -0.358. The zero-order chi connectivity index (χ0) is 22.1. The second kappa shape index (κ2) is 9.16. The second-order valence-electron chi connectivity index (χ2n) is 8.72. The summed E-state index contributed by atoms with van der Waals surface area (Å²) in [6.45, 7) is 5.31. The van der Waals surface area contributed by atoms with Crippen LogP contribution in [0.5, 0.6) is 11.5 Å². The fourth-order valence-electron chi connectivity index (χ4n) is 4.60. The van der Waals surface area contributed by atoms with E-state index in [9.17, 15) is 9.59 Å². The standard InChI is InChI=1S/C25H28N2O4S/c1-16-24(28)20-13-22-21(30-15-31-22)11-18(20)12-23(32-16)25(29)26-19-7-5-17(6-8-19)14-27-9-3-2-4-10-27/h5-8,11,13,16,23H,2-4,9-10,12,14-15H2,1H3,(H,26,29)/t16-,23+/m0/s1. The van der Waals surface area contributed by atoms with Gasteiger partial charge in [-0.3, -0.25) is 14.5 Å². The number of anilines is 1. The van der Waals surface area contributed by atoms with Gasteiger partial charge in [0.2, 0.25) is 12.7 Å². The van der Waals surface area contributed by atoms with Gasteiger partial charge in [-0.15, -0.1) is 11.8 Å². The van der Waals surface area contributed by atoms with E-state index in [1.54, 1.807) is 6.07 Å². The first-order valence-corrected chi connectivity index (χ1v) is 12.3. The maximum absolute atomic E-state index is 13.1. The first-order valence-electron chi connectivity index (χ1n) is 11.3. The van der Waals surface area contributed by atoms with E-state index in [1.807, 2.05) is 25.1 Å². The molecular weight excluding hydrogens is 424 g/mol. The molecule has 1 amide bonds. The molecule has 6 nitrogen and oxygen atoms in total. The summed E-state index contributed by atoms with van der Waals surface area (Å²) in [5.74, 6) is 1.19. The third-order valence-electron chi connectivity index (χ3n) is 6.38. The van der Waals surface area contributed by atoms with Crippen LogP contribution in [0.1, 0.15) is 47.7 Å². The fourth-order valence-corrected chi connectivity index (χ4v) is 5.81. The van der Waals surface area contributed by atoms with Crippen molar-refractivity contribution < 1.29 is 19.1 Å². The van der Waals surface area contributed by atoms with Crippen molar-refractivity contribution in [1.29, 1.82) is 0 Å². The number of fused-ring (bicyclic) bond motifs is 2. The number of hydrogen-bond donors (Lipinski definition) is 1. The van der Waals surface area contributed by atoms with E-state index in [0.717, 1.165) is 30.9 Å². The number of nitrogens with one attached hydrogen (secondary N) is 1. The Morgan fingerprint density at radius 1 is 1.09 bits per heavy atom. The van der Waals surface area contributed by atoms with E-state index < -0.39 is 0 Å². The summed E-state index contributed by atoms with van der Waals surface area (Å²) in [7, 11) is 0. The lowest BCUT2D eigenvalue weighted by Crippen LogP contribution is -2.29. The highest BCUT2D eigenvalue weighted by Gasteiger charge is 2.33. The third-order valence-corrected chi connectivity index (χ3v) is 7.71. The van der Waals surface area contributed by atoms with Gasteiger partial charge in [-0.1, -0.05) is 18.6 Å². The van der Waals surface area contributed by atoms with E-state index >= 15 is 0 Å². The van der Waals surface area contributed by atoms with Gasteiger partial charge in [-0.2, -0.15) is 0 Å². The fraction of sp³-hybridized carbons (Fsp3) is 0.440. The molecule has 2 aromatic rings. The number of rotatable bonds is 4. The van der Waals surface area contributed by atoms with Crippen LogP contribution in [0.3, 0.4) is 0 Å². The predicted molar refractivity (Wildman–Crippen MR) is 126 cm³/mol. The van der Waals surface area contributed by atoms with Crippen LogP contribution in [0.4, 0.5) is 5.69 Å². The number of Topliss-reactive ketones (excluding diaryl/α,β-unsaturated/α-hetero) is 1. The van der Waals surface area contributed by atoms with Gasteiger partial charge in [0.1, 0.15) is 0 Å². The van der Waals surface area contributed by atoms with Crippen molar-refractivity contribution in [3.63, 3.8) is 0 Å². The van der Waals surface area contributed by atoms with Crippen LogP contribution in [0.2, 0.25) is 0 Å². The van der Waals surface area contributed by atoms with Crippen LogP contribution in [-0.4, -0.2) is 47.0 Å². The van der Waals surface area contributed by atoms with Gasteiger partial charge in [0.05, 0.1) is 10.5 Å². The monoisotopic (exact) mass is 452 g/mol. The molecule has 0 aliphatic carbocycles. The lowest BCUT2D eigenvalue weighted by Gasteiger charge is -2.26. The molecule has 0 unspecified atom stereocenters. The molecule has 3 heterocycles. The third kappa shape index (κ3) is 4.50. The number of ketones is 1. The second-order valence-corrected chi connectivity index (χ2v) is 10.3. The van der Waals surface area contributed by atoms with Crippen molar-refractivity contribution in [2.24, 2.45) is 0 Å². The minimum absolute atomic E-state index is 0.0284. The van der Waals surface area contributed by atoms with Gasteiger partial charge in [0.15, 0.2) is 17.3 Å². The normalized spacial score (nSPS) is 22.8. The number of amides is 1. The van der Waals surface area contributed by atoms with Crippen LogP contribution in [-0.2, 0) is 17.8 Å². The van der Waals surface area contributed by atoms with Crippen LogP contribution in [0.15, 0.2) is 36.4 Å². The summed E-state index contributed by atoms with van der Waals surface area (Å²) in [6.07, 6.45) is 4.36. The van der Waals surface area contributed by atoms with E-state index in [1.165, 1.54) is 36.6 Å². The van der Waals surface area contributed by atoms with Crippen molar-refractivity contribution in [3.05, 3.63) is 53.1 Å². The molecular formula is C25H28N2O4S. The van der Waals surface area contributed by atoms with Crippen LogP contribution in [0.25, 0.3) is 0 Å². The van der Waals surface area contributed by atoms with Gasteiger partial charge < -0.3 is 14.8 Å². The predicted octanol–water partition coefficient (Wildman–Crippen LogP) is 4.27. The Bertz CT molecular complexity index is 1020. The molecule has 5 rings (SSSR count). The van der Waals surface area contributed by atoms with Gasteiger partial charge in [0.25, 0.3) is 0 Å². The molecule has 1 saturated heterocycles. The molecule has 7 heteroatoms. The van der Waals surface area contributed by atoms with Gasteiger partial charge in [-0.25, -0.2) is 0 Å². The number of thioether (sulfide) groups is 1. The van der Waals surface area contributed by atoms with Gasteiger partial charge in [-0.05, 0) is 74.7 Å². The highest BCUT2D eigenvalue weighted by molar-refractivity contribution is 8.01. The molecule has 2 atom stereocenters. The summed E-state index contributed by atoms with van der Waals surface area (Å²) in [6, 6.07) is 11.7. The number of benzene rings is 2. The highest BCUT2D eigenvalue weighted by Crippen LogP contribution is 2.39. The quantitative estimate of drug-likeness (QED) is 0.747. The van der Waals surface area contributed by atoms with Crippen molar-refractivity contribution >= 4 is 29.1 Å². The Balaban J connectivity index is 1.27. The SMILES string of the molecule is C[C@@H]1S[C@@H](C(=O)Nc2ccc(CN3CCCCC3)cc2)Cc2cc3c(cc2C1=O)OCO3. The molecule has 2 aromatic carbocycles. The summed E-state index contributed by atoms with van der Waals surface area (Å²) in [5.41, 5.74) is 3.52. The number of ether oxygens (including phenoxy) is 2. The molecule has 0 aromatic heterocycles. The van der Waals surface area contributed by atoms with Crippen LogP contribution in [0, 0.1) is 0 Å². The molecule has 3 aliphatic heterocycles. The lowest BCUT2D eigenvalue weighted by atomic mass is 9.97. The zero-order valence-electron chi connectivity index (χ0n) is 18.3. The van der Waals surface area contributed by atoms with Crippen molar-refractivity contribution in [3.8, 4) is 11.5 Å². The first kappa shape index (κ1) is 21.3. The van der Waals surface area contributed by atoms with Gasteiger partial charge in [0, 0.05) is 17.8 Å². The Kier molecular flexibility index (Phi) is 6.11. The number of nitrogens with zero attached hydrogens (tertiary/aromatic N) is 1. The maximum atomic E-state index is 13.1. The zero-order valence-corrected chi connectivity index (χ0v) is 19.1. The highest BCUT2D eigenvalue weighted by atomic mass is 32.2. The van der Waals surface area contributed by atoms with Crippen molar-refractivity contribution in [2.75, 3.05) is 25.2 Å². The molecule has 1 N–H and O–H groups in total. The summed E-state index contributed by atoms with van der Waals surface area (Å²) in [5, 5.41) is 2.38. The lowest BCUT2D eigenvalue weighted by molar-refractivity contribution is -0.115. The van der Waals surface area contributed by atoms with Crippen molar-refractivity contribution in [2.45, 2.75) is 49.7 Å². The molecule has 0 spiro atoms. The number of likely N-dealkylation sites (tertiary alicyclic amines) is 1. The number of carbonyl (C=O) groups excluding carboxylic acids is 2. The van der Waals surface area contributed by atoms with Crippen LogP contribution < -0.4 is 14.8 Å².